The molecule has 1 aliphatic heterocycles. The maximum atomic E-state index is 8.97. The first kappa shape index (κ1) is 13.7. The van der Waals surface area contributed by atoms with E-state index in [4.69, 9.17) is 5.11 Å². The summed E-state index contributed by atoms with van der Waals surface area (Å²) in [5.41, 5.74) is 0. The molecular weight excluding hydrogens is 200 g/mol. The molecule has 94 valence electrons. The Kier molecular flexibility index (Phi) is 6.69. The van der Waals surface area contributed by atoms with Crippen LogP contribution >= 0.6 is 0 Å². The molecule has 1 fully saturated rings. The number of piperidine rings is 1. The number of likely N-dealkylation sites (tertiary alicyclic amines) is 1. The van der Waals surface area contributed by atoms with Gasteiger partial charge in [-0.3, -0.25) is 4.90 Å². The molecule has 1 rings (SSSR count). The van der Waals surface area contributed by atoms with Crippen LogP contribution in [0.1, 0.15) is 25.7 Å². The topological polar surface area (TPSA) is 26.7 Å². The van der Waals surface area contributed by atoms with Crippen LogP contribution in [0.4, 0.5) is 0 Å². The zero-order chi connectivity index (χ0) is 11.8. The van der Waals surface area contributed by atoms with Gasteiger partial charge in [-0.25, -0.2) is 0 Å². The van der Waals surface area contributed by atoms with Crippen LogP contribution in [0.5, 0.6) is 0 Å². The normalized spacial score (nSPS) is 22.6. The van der Waals surface area contributed by atoms with Crippen molar-refractivity contribution in [3.05, 3.63) is 12.7 Å². The molecule has 3 nitrogen and oxygen atoms in total. The van der Waals surface area contributed by atoms with E-state index >= 15 is 0 Å². The molecule has 0 spiro atoms. The minimum Gasteiger partial charge on any atom is -0.395 e. The number of nitrogens with zero attached hydrogens (tertiary/aromatic N) is 2. The zero-order valence-electron chi connectivity index (χ0n) is 10.6. The molecule has 0 aromatic carbocycles. The van der Waals surface area contributed by atoms with Crippen molar-refractivity contribution in [1.82, 2.24) is 9.80 Å². The monoisotopic (exact) mass is 226 g/mol. The fraction of sp³-hybridized carbons (Fsp3) is 0.846. The molecule has 0 aliphatic carbocycles. The molecule has 0 amide bonds. The Bertz CT molecular complexity index is 196. The molecule has 1 unspecified atom stereocenters. The average molecular weight is 226 g/mol. The Balaban J connectivity index is 2.26. The second-order valence-corrected chi connectivity index (χ2v) is 4.73. The van der Waals surface area contributed by atoms with Gasteiger partial charge in [-0.2, -0.15) is 0 Å². The van der Waals surface area contributed by atoms with Gasteiger partial charge >= 0.3 is 0 Å². The lowest BCUT2D eigenvalue weighted by molar-refractivity contribution is 0.147. The molecule has 1 aliphatic rings. The fourth-order valence-electron chi connectivity index (χ4n) is 2.46. The Morgan fingerprint density at radius 3 is 2.88 bits per heavy atom. The molecular formula is C13H26N2O. The van der Waals surface area contributed by atoms with E-state index in [1.54, 1.807) is 0 Å². The summed E-state index contributed by atoms with van der Waals surface area (Å²) in [4.78, 5) is 4.75. The molecule has 0 aromatic rings. The minimum atomic E-state index is 0.244. The van der Waals surface area contributed by atoms with E-state index in [0.717, 1.165) is 25.7 Å². The molecule has 0 bridgehead atoms. The second kappa shape index (κ2) is 7.82. The van der Waals surface area contributed by atoms with E-state index in [2.05, 4.69) is 23.4 Å². The SMILES string of the molecule is C=CCN(CCO)CCC1CCCCN1C. The Labute approximate surface area is 99.7 Å². The smallest absolute Gasteiger partial charge is 0.0558 e. The lowest BCUT2D eigenvalue weighted by Gasteiger charge is -2.34. The molecule has 1 N–H and O–H groups in total. The van der Waals surface area contributed by atoms with Crippen LogP contribution in [0, 0.1) is 0 Å². The summed E-state index contributed by atoms with van der Waals surface area (Å²) in [7, 11) is 2.23. The zero-order valence-corrected chi connectivity index (χ0v) is 10.6. The number of aliphatic hydroxyl groups is 1. The van der Waals surface area contributed by atoms with Gasteiger partial charge in [0.05, 0.1) is 6.61 Å². The van der Waals surface area contributed by atoms with Gasteiger partial charge in [-0.1, -0.05) is 12.5 Å². The summed E-state index contributed by atoms with van der Waals surface area (Å²) in [6.45, 7) is 7.97. The summed E-state index contributed by atoms with van der Waals surface area (Å²) in [5, 5.41) is 8.97. The molecule has 1 heterocycles. The van der Waals surface area contributed by atoms with Crippen LogP contribution in [-0.2, 0) is 0 Å². The maximum absolute atomic E-state index is 8.97. The van der Waals surface area contributed by atoms with Gasteiger partial charge in [0, 0.05) is 25.7 Å². The summed E-state index contributed by atoms with van der Waals surface area (Å²) >= 11 is 0. The van der Waals surface area contributed by atoms with Crippen molar-refractivity contribution >= 4 is 0 Å². The third kappa shape index (κ3) is 4.64. The van der Waals surface area contributed by atoms with Crippen LogP contribution in [0.25, 0.3) is 0 Å². The molecule has 0 radical (unpaired) electrons. The Morgan fingerprint density at radius 2 is 2.25 bits per heavy atom. The molecule has 1 atom stereocenters. The van der Waals surface area contributed by atoms with E-state index < -0.39 is 0 Å². The summed E-state index contributed by atoms with van der Waals surface area (Å²) in [6.07, 6.45) is 7.18. The fourth-order valence-corrected chi connectivity index (χ4v) is 2.46. The van der Waals surface area contributed by atoms with Gasteiger partial charge in [-0.05, 0) is 32.9 Å². The number of hydrogen-bond acceptors (Lipinski definition) is 3. The van der Waals surface area contributed by atoms with Crippen molar-refractivity contribution < 1.29 is 5.11 Å². The number of aliphatic hydroxyl groups excluding tert-OH is 1. The molecule has 1 saturated heterocycles. The van der Waals surface area contributed by atoms with Crippen LogP contribution in [-0.4, -0.2) is 60.8 Å². The van der Waals surface area contributed by atoms with Crippen LogP contribution < -0.4 is 0 Å². The summed E-state index contributed by atoms with van der Waals surface area (Å²) in [6, 6.07) is 0.736. The van der Waals surface area contributed by atoms with Gasteiger partial charge in [-0.15, -0.1) is 6.58 Å². The second-order valence-electron chi connectivity index (χ2n) is 4.73. The number of hydrogen-bond donors (Lipinski definition) is 1. The Hall–Kier alpha value is -0.380. The van der Waals surface area contributed by atoms with E-state index in [-0.39, 0.29) is 6.61 Å². The van der Waals surface area contributed by atoms with Crippen LogP contribution in [0.15, 0.2) is 12.7 Å². The predicted octanol–water partition coefficient (Wildman–Crippen LogP) is 1.34. The first-order chi connectivity index (χ1) is 7.77. The third-order valence-electron chi connectivity index (χ3n) is 3.50. The van der Waals surface area contributed by atoms with Crippen molar-refractivity contribution in [2.75, 3.05) is 39.8 Å². The van der Waals surface area contributed by atoms with Crippen molar-refractivity contribution in [2.24, 2.45) is 0 Å². The molecule has 0 saturated carbocycles. The van der Waals surface area contributed by atoms with Gasteiger partial charge in [0.15, 0.2) is 0 Å². The lowest BCUT2D eigenvalue weighted by atomic mass is 10.00. The van der Waals surface area contributed by atoms with Crippen LogP contribution in [0.3, 0.4) is 0 Å². The summed E-state index contributed by atoms with van der Waals surface area (Å²) < 4.78 is 0. The van der Waals surface area contributed by atoms with Gasteiger partial charge in [0.2, 0.25) is 0 Å². The van der Waals surface area contributed by atoms with Crippen molar-refractivity contribution in [2.45, 2.75) is 31.7 Å². The highest BCUT2D eigenvalue weighted by molar-refractivity contribution is 4.78. The third-order valence-corrected chi connectivity index (χ3v) is 3.50. The van der Waals surface area contributed by atoms with E-state index in [0.29, 0.717) is 0 Å². The summed E-state index contributed by atoms with van der Waals surface area (Å²) in [5.74, 6) is 0. The highest BCUT2D eigenvalue weighted by Gasteiger charge is 2.19. The highest BCUT2D eigenvalue weighted by Crippen LogP contribution is 2.17. The van der Waals surface area contributed by atoms with Crippen LogP contribution in [0.2, 0.25) is 0 Å². The largest absolute Gasteiger partial charge is 0.395 e. The van der Waals surface area contributed by atoms with Crippen molar-refractivity contribution in [3.63, 3.8) is 0 Å². The molecule has 3 heteroatoms. The van der Waals surface area contributed by atoms with Gasteiger partial charge in [0.1, 0.15) is 0 Å². The highest BCUT2D eigenvalue weighted by atomic mass is 16.3. The first-order valence-corrected chi connectivity index (χ1v) is 6.42. The van der Waals surface area contributed by atoms with E-state index in [1.165, 1.54) is 32.2 Å². The first-order valence-electron chi connectivity index (χ1n) is 6.42. The predicted molar refractivity (Wildman–Crippen MR) is 68.6 cm³/mol. The van der Waals surface area contributed by atoms with E-state index in [1.807, 2.05) is 6.08 Å². The Morgan fingerprint density at radius 1 is 1.44 bits per heavy atom. The number of rotatable bonds is 7. The van der Waals surface area contributed by atoms with Crippen molar-refractivity contribution in [3.8, 4) is 0 Å². The van der Waals surface area contributed by atoms with E-state index in [9.17, 15) is 0 Å². The van der Waals surface area contributed by atoms with Gasteiger partial charge < -0.3 is 10.0 Å². The quantitative estimate of drug-likeness (QED) is 0.664. The molecule has 16 heavy (non-hydrogen) atoms. The molecule has 0 aromatic heterocycles. The maximum Gasteiger partial charge on any atom is 0.0558 e. The van der Waals surface area contributed by atoms with Crippen molar-refractivity contribution in [1.29, 1.82) is 0 Å². The lowest BCUT2D eigenvalue weighted by Crippen LogP contribution is -2.39. The van der Waals surface area contributed by atoms with Gasteiger partial charge in [0.25, 0.3) is 0 Å². The minimum absolute atomic E-state index is 0.244. The standard InChI is InChI=1S/C13H26N2O/c1-3-8-15(11-12-16)10-7-13-6-4-5-9-14(13)2/h3,13,16H,1,4-12H2,2H3. The average Bonchev–Trinajstić information content (AvgIpc) is 2.28.